The summed E-state index contributed by atoms with van der Waals surface area (Å²) in [7, 11) is 1.98. The smallest absolute Gasteiger partial charge is 0.115 e. The fourth-order valence-electron chi connectivity index (χ4n) is 0.886. The summed E-state index contributed by atoms with van der Waals surface area (Å²) >= 11 is 0. The predicted molar refractivity (Wildman–Crippen MR) is 49.0 cm³/mol. The highest BCUT2D eigenvalue weighted by Crippen LogP contribution is 2.09. The van der Waals surface area contributed by atoms with Gasteiger partial charge in [0, 0.05) is 19.6 Å². The molecular formula is C8H14N4. The zero-order valence-corrected chi connectivity index (χ0v) is 7.44. The molecule has 1 atom stereocenters. The van der Waals surface area contributed by atoms with Crippen LogP contribution in [-0.4, -0.2) is 29.6 Å². The lowest BCUT2D eigenvalue weighted by atomic mass is 10.3. The number of nitrogens with zero attached hydrogens (tertiary/aromatic N) is 3. The van der Waals surface area contributed by atoms with Crippen LogP contribution in [0.4, 0.5) is 5.69 Å². The van der Waals surface area contributed by atoms with Crippen LogP contribution in [-0.2, 0) is 0 Å². The van der Waals surface area contributed by atoms with Crippen molar-refractivity contribution in [1.82, 2.24) is 9.97 Å². The molecule has 0 aromatic carbocycles. The van der Waals surface area contributed by atoms with E-state index in [9.17, 15) is 0 Å². The Balaban J connectivity index is 2.71. The molecule has 0 amide bonds. The predicted octanol–water partition coefficient (Wildman–Crippen LogP) is 0.260. The van der Waals surface area contributed by atoms with Crippen LogP contribution in [0.2, 0.25) is 0 Å². The van der Waals surface area contributed by atoms with E-state index in [4.69, 9.17) is 5.73 Å². The minimum absolute atomic E-state index is 0.316. The molecule has 1 aromatic rings. The van der Waals surface area contributed by atoms with E-state index in [1.165, 1.54) is 6.33 Å². The largest absolute Gasteiger partial charge is 0.368 e. The summed E-state index contributed by atoms with van der Waals surface area (Å²) in [6.45, 7) is 2.69. The second kappa shape index (κ2) is 4.01. The Morgan fingerprint density at radius 1 is 1.50 bits per heavy atom. The molecule has 0 aliphatic heterocycles. The highest BCUT2D eigenvalue weighted by molar-refractivity contribution is 5.41. The molecule has 0 aliphatic carbocycles. The summed E-state index contributed by atoms with van der Waals surface area (Å²) < 4.78 is 0. The molecule has 1 heterocycles. The molecule has 4 heteroatoms. The quantitative estimate of drug-likeness (QED) is 0.699. The topological polar surface area (TPSA) is 55.0 Å². The van der Waals surface area contributed by atoms with E-state index in [1.54, 1.807) is 12.4 Å². The second-order valence-corrected chi connectivity index (χ2v) is 2.79. The van der Waals surface area contributed by atoms with Gasteiger partial charge >= 0.3 is 0 Å². The average molecular weight is 166 g/mol. The van der Waals surface area contributed by atoms with Gasteiger partial charge in [0.1, 0.15) is 6.33 Å². The molecule has 4 nitrogen and oxygen atoms in total. The Labute approximate surface area is 72.4 Å². The molecular weight excluding hydrogens is 152 g/mol. The van der Waals surface area contributed by atoms with E-state index in [-0.39, 0.29) is 0 Å². The minimum atomic E-state index is 0.316. The van der Waals surface area contributed by atoms with Crippen molar-refractivity contribution in [2.45, 2.75) is 13.0 Å². The van der Waals surface area contributed by atoms with Crippen LogP contribution in [0.3, 0.4) is 0 Å². The lowest BCUT2D eigenvalue weighted by molar-refractivity contribution is 0.693. The van der Waals surface area contributed by atoms with E-state index in [2.05, 4.69) is 21.8 Å². The number of nitrogens with two attached hydrogens (primary N) is 1. The summed E-state index contributed by atoms with van der Waals surface area (Å²) in [5.41, 5.74) is 6.52. The van der Waals surface area contributed by atoms with Crippen molar-refractivity contribution in [2.24, 2.45) is 5.73 Å². The Morgan fingerprint density at radius 2 is 2.08 bits per heavy atom. The molecule has 0 spiro atoms. The van der Waals surface area contributed by atoms with Gasteiger partial charge in [0.15, 0.2) is 0 Å². The molecule has 2 N–H and O–H groups in total. The summed E-state index contributed by atoms with van der Waals surface area (Å²) in [6.07, 6.45) is 5.07. The maximum absolute atomic E-state index is 5.53. The van der Waals surface area contributed by atoms with Crippen molar-refractivity contribution < 1.29 is 0 Å². The summed E-state index contributed by atoms with van der Waals surface area (Å²) in [6, 6.07) is 0.316. The first-order chi connectivity index (χ1) is 5.75. The highest BCUT2D eigenvalue weighted by Gasteiger charge is 2.07. The molecule has 66 valence electrons. The van der Waals surface area contributed by atoms with Crippen molar-refractivity contribution in [3.63, 3.8) is 0 Å². The van der Waals surface area contributed by atoms with Crippen LogP contribution in [0.25, 0.3) is 0 Å². The van der Waals surface area contributed by atoms with Gasteiger partial charge in [0.2, 0.25) is 0 Å². The van der Waals surface area contributed by atoms with E-state index < -0.39 is 0 Å². The third-order valence-electron chi connectivity index (χ3n) is 1.96. The highest BCUT2D eigenvalue weighted by atomic mass is 15.1. The van der Waals surface area contributed by atoms with E-state index in [0.717, 1.165) is 5.69 Å². The summed E-state index contributed by atoms with van der Waals surface area (Å²) in [4.78, 5) is 9.91. The Morgan fingerprint density at radius 3 is 2.58 bits per heavy atom. The van der Waals surface area contributed by atoms with Crippen molar-refractivity contribution >= 4 is 5.69 Å². The lowest BCUT2D eigenvalue weighted by Crippen LogP contribution is -2.35. The number of anilines is 1. The van der Waals surface area contributed by atoms with Crippen LogP contribution >= 0.6 is 0 Å². The van der Waals surface area contributed by atoms with Gasteiger partial charge in [-0.15, -0.1) is 0 Å². The molecule has 1 rings (SSSR count). The van der Waals surface area contributed by atoms with Crippen molar-refractivity contribution in [1.29, 1.82) is 0 Å². The SMILES string of the molecule is CC(CN)N(C)c1cncnc1. The van der Waals surface area contributed by atoms with Crippen molar-refractivity contribution in [2.75, 3.05) is 18.5 Å². The van der Waals surface area contributed by atoms with Crippen molar-refractivity contribution in [3.8, 4) is 0 Å². The van der Waals surface area contributed by atoms with Gasteiger partial charge in [0.25, 0.3) is 0 Å². The Kier molecular flexibility index (Phi) is 2.99. The first kappa shape index (κ1) is 8.93. The van der Waals surface area contributed by atoms with E-state index in [1.807, 2.05) is 7.05 Å². The normalized spacial score (nSPS) is 12.6. The Bertz CT molecular complexity index is 224. The van der Waals surface area contributed by atoms with Gasteiger partial charge in [-0.2, -0.15) is 0 Å². The zero-order chi connectivity index (χ0) is 8.97. The van der Waals surface area contributed by atoms with Gasteiger partial charge in [-0.3, -0.25) is 0 Å². The molecule has 1 unspecified atom stereocenters. The summed E-state index contributed by atoms with van der Waals surface area (Å²) in [5.74, 6) is 0. The lowest BCUT2D eigenvalue weighted by Gasteiger charge is -2.24. The van der Waals surface area contributed by atoms with Crippen LogP contribution in [0.5, 0.6) is 0 Å². The number of hydrogen-bond donors (Lipinski definition) is 1. The maximum atomic E-state index is 5.53. The fourth-order valence-corrected chi connectivity index (χ4v) is 0.886. The maximum Gasteiger partial charge on any atom is 0.115 e. The second-order valence-electron chi connectivity index (χ2n) is 2.79. The van der Waals surface area contributed by atoms with Gasteiger partial charge in [-0.05, 0) is 6.92 Å². The van der Waals surface area contributed by atoms with E-state index in [0.29, 0.717) is 12.6 Å². The molecule has 1 aromatic heterocycles. The van der Waals surface area contributed by atoms with Gasteiger partial charge in [-0.25, -0.2) is 9.97 Å². The molecule has 0 aliphatic rings. The van der Waals surface area contributed by atoms with Gasteiger partial charge < -0.3 is 10.6 Å². The van der Waals surface area contributed by atoms with Crippen LogP contribution in [0.15, 0.2) is 18.7 Å². The third kappa shape index (κ3) is 1.92. The number of hydrogen-bond acceptors (Lipinski definition) is 4. The average Bonchev–Trinajstić information content (AvgIpc) is 2.17. The molecule has 0 bridgehead atoms. The first-order valence-corrected chi connectivity index (χ1v) is 3.93. The third-order valence-corrected chi connectivity index (χ3v) is 1.96. The number of aromatic nitrogens is 2. The van der Waals surface area contributed by atoms with Gasteiger partial charge in [0.05, 0.1) is 18.1 Å². The summed E-state index contributed by atoms with van der Waals surface area (Å²) in [5, 5.41) is 0. The molecule has 0 radical (unpaired) electrons. The fraction of sp³-hybridized carbons (Fsp3) is 0.500. The minimum Gasteiger partial charge on any atom is -0.368 e. The molecule has 0 fully saturated rings. The monoisotopic (exact) mass is 166 g/mol. The van der Waals surface area contributed by atoms with Crippen LogP contribution in [0, 0.1) is 0 Å². The van der Waals surface area contributed by atoms with Gasteiger partial charge in [-0.1, -0.05) is 0 Å². The molecule has 0 saturated heterocycles. The Hall–Kier alpha value is -1.16. The van der Waals surface area contributed by atoms with E-state index >= 15 is 0 Å². The standard InChI is InChI=1S/C8H14N4/c1-7(3-9)12(2)8-4-10-6-11-5-8/h4-7H,3,9H2,1-2H3. The zero-order valence-electron chi connectivity index (χ0n) is 7.44. The number of likely N-dealkylation sites (N-methyl/N-ethyl adjacent to an activating group) is 1. The number of rotatable bonds is 3. The van der Waals surface area contributed by atoms with Crippen LogP contribution < -0.4 is 10.6 Å². The molecule has 12 heavy (non-hydrogen) atoms. The first-order valence-electron chi connectivity index (χ1n) is 3.93. The van der Waals surface area contributed by atoms with Crippen LogP contribution in [0.1, 0.15) is 6.92 Å². The van der Waals surface area contributed by atoms with Crippen molar-refractivity contribution in [3.05, 3.63) is 18.7 Å². The molecule has 0 saturated carbocycles.